The SMILES string of the molecule is CCCCOC(=O)c1c(O)ccc(OCC2CCC(C)(C3CCC4(CC3)C[C@@H]4C)CC2)c1C(=O)OCCCC. The van der Waals surface area contributed by atoms with E-state index in [1.165, 1.54) is 51.0 Å². The van der Waals surface area contributed by atoms with Gasteiger partial charge in [-0.15, -0.1) is 0 Å². The molecule has 0 unspecified atom stereocenters. The lowest BCUT2D eigenvalue weighted by molar-refractivity contribution is 0.0388. The molecular weight excluding hydrogens is 492 g/mol. The van der Waals surface area contributed by atoms with Gasteiger partial charge in [0.2, 0.25) is 0 Å². The van der Waals surface area contributed by atoms with Gasteiger partial charge in [-0.25, -0.2) is 9.59 Å². The Kier molecular flexibility index (Phi) is 9.87. The van der Waals surface area contributed by atoms with Gasteiger partial charge in [0.1, 0.15) is 22.6 Å². The van der Waals surface area contributed by atoms with E-state index in [-0.39, 0.29) is 35.8 Å². The summed E-state index contributed by atoms with van der Waals surface area (Å²) >= 11 is 0. The van der Waals surface area contributed by atoms with Crippen LogP contribution in [0.2, 0.25) is 0 Å². The largest absolute Gasteiger partial charge is 0.507 e. The highest BCUT2D eigenvalue weighted by atomic mass is 16.5. The van der Waals surface area contributed by atoms with E-state index in [1.54, 1.807) is 6.07 Å². The average Bonchev–Trinajstić information content (AvgIpc) is 3.55. The molecule has 4 rings (SSSR count). The van der Waals surface area contributed by atoms with E-state index in [0.29, 0.717) is 29.8 Å². The summed E-state index contributed by atoms with van der Waals surface area (Å²) in [6.45, 7) is 9.90. The molecule has 1 N–H and O–H groups in total. The highest BCUT2D eigenvalue weighted by Crippen LogP contribution is 2.64. The molecule has 3 saturated carbocycles. The van der Waals surface area contributed by atoms with Crippen LogP contribution in [0.3, 0.4) is 0 Å². The van der Waals surface area contributed by atoms with E-state index in [0.717, 1.165) is 43.9 Å². The summed E-state index contributed by atoms with van der Waals surface area (Å²) < 4.78 is 17.0. The summed E-state index contributed by atoms with van der Waals surface area (Å²) in [5.41, 5.74) is 0.914. The smallest absolute Gasteiger partial charge is 0.342 e. The number of phenols is 1. The van der Waals surface area contributed by atoms with Crippen molar-refractivity contribution in [3.8, 4) is 11.5 Å². The van der Waals surface area contributed by atoms with Crippen LogP contribution >= 0.6 is 0 Å². The van der Waals surface area contributed by atoms with Crippen LogP contribution in [0.25, 0.3) is 0 Å². The van der Waals surface area contributed by atoms with E-state index in [4.69, 9.17) is 14.2 Å². The van der Waals surface area contributed by atoms with Crippen LogP contribution in [0.1, 0.15) is 132 Å². The Balaban J connectivity index is 1.39. The average molecular weight is 543 g/mol. The Hall–Kier alpha value is -2.24. The van der Waals surface area contributed by atoms with Gasteiger partial charge in [-0.2, -0.15) is 0 Å². The molecule has 1 aromatic carbocycles. The first-order chi connectivity index (χ1) is 18.7. The molecule has 0 radical (unpaired) electrons. The van der Waals surface area contributed by atoms with Crippen molar-refractivity contribution in [1.82, 2.24) is 0 Å². The third-order valence-electron chi connectivity index (χ3n) is 10.3. The van der Waals surface area contributed by atoms with Crippen LogP contribution < -0.4 is 4.74 Å². The topological polar surface area (TPSA) is 82.1 Å². The van der Waals surface area contributed by atoms with Gasteiger partial charge in [0.05, 0.1) is 19.8 Å². The molecule has 39 heavy (non-hydrogen) atoms. The second kappa shape index (κ2) is 13.0. The van der Waals surface area contributed by atoms with Gasteiger partial charge in [0.15, 0.2) is 0 Å². The first-order valence-electron chi connectivity index (χ1n) is 15.6. The molecule has 1 atom stereocenters. The van der Waals surface area contributed by atoms with Gasteiger partial charge in [0, 0.05) is 0 Å². The molecule has 0 aromatic heterocycles. The van der Waals surface area contributed by atoms with Crippen molar-refractivity contribution in [1.29, 1.82) is 0 Å². The molecule has 1 aromatic rings. The minimum Gasteiger partial charge on any atom is -0.507 e. The fourth-order valence-electron chi connectivity index (χ4n) is 7.12. The van der Waals surface area contributed by atoms with Crippen LogP contribution in [0, 0.1) is 28.6 Å². The first-order valence-corrected chi connectivity index (χ1v) is 15.6. The maximum Gasteiger partial charge on any atom is 0.342 e. The van der Waals surface area contributed by atoms with E-state index in [9.17, 15) is 14.7 Å². The van der Waals surface area contributed by atoms with Gasteiger partial charge >= 0.3 is 11.9 Å². The van der Waals surface area contributed by atoms with Crippen LogP contribution in [-0.2, 0) is 9.47 Å². The quantitative estimate of drug-likeness (QED) is 0.212. The van der Waals surface area contributed by atoms with Crippen molar-refractivity contribution in [2.45, 2.75) is 111 Å². The number of aromatic hydroxyl groups is 1. The van der Waals surface area contributed by atoms with Gasteiger partial charge < -0.3 is 19.3 Å². The maximum absolute atomic E-state index is 13.1. The monoisotopic (exact) mass is 542 g/mol. The predicted molar refractivity (Wildman–Crippen MR) is 152 cm³/mol. The zero-order valence-electron chi connectivity index (χ0n) is 24.7. The minimum atomic E-state index is -0.725. The second-order valence-corrected chi connectivity index (χ2v) is 13.0. The summed E-state index contributed by atoms with van der Waals surface area (Å²) in [6.07, 6.45) is 14.9. The molecular formula is C33H50O6. The van der Waals surface area contributed by atoms with E-state index >= 15 is 0 Å². The van der Waals surface area contributed by atoms with Crippen molar-refractivity contribution in [3.05, 3.63) is 23.3 Å². The fourth-order valence-corrected chi connectivity index (χ4v) is 7.12. The molecule has 218 valence electrons. The Morgan fingerprint density at radius 2 is 1.46 bits per heavy atom. The number of esters is 2. The van der Waals surface area contributed by atoms with Crippen LogP contribution in [0.4, 0.5) is 0 Å². The molecule has 3 aliphatic rings. The van der Waals surface area contributed by atoms with Crippen molar-refractivity contribution < 1.29 is 28.9 Å². The van der Waals surface area contributed by atoms with Crippen molar-refractivity contribution in [2.75, 3.05) is 19.8 Å². The number of benzene rings is 1. The van der Waals surface area contributed by atoms with Gasteiger partial charge in [-0.3, -0.25) is 0 Å². The Morgan fingerprint density at radius 1 is 0.897 bits per heavy atom. The van der Waals surface area contributed by atoms with Crippen molar-refractivity contribution in [2.24, 2.45) is 28.6 Å². The predicted octanol–water partition coefficient (Wildman–Crippen LogP) is 8.10. The molecule has 0 aliphatic heterocycles. The fraction of sp³-hybridized carbons (Fsp3) is 0.758. The minimum absolute atomic E-state index is 0.0290. The van der Waals surface area contributed by atoms with Crippen molar-refractivity contribution >= 4 is 11.9 Å². The number of phenolic OH excluding ortho intramolecular Hbond substituents is 1. The summed E-state index contributed by atoms with van der Waals surface area (Å²) in [5.74, 6) is 0.766. The molecule has 1 spiro atoms. The zero-order chi connectivity index (χ0) is 28.0. The van der Waals surface area contributed by atoms with Gasteiger partial charge in [-0.05, 0) is 111 Å². The molecule has 0 bridgehead atoms. The second-order valence-electron chi connectivity index (χ2n) is 13.0. The summed E-state index contributed by atoms with van der Waals surface area (Å²) in [6, 6.07) is 2.97. The lowest BCUT2D eigenvalue weighted by atomic mass is 9.59. The third-order valence-corrected chi connectivity index (χ3v) is 10.3. The summed E-state index contributed by atoms with van der Waals surface area (Å²) in [5, 5.41) is 10.5. The molecule has 0 saturated heterocycles. The van der Waals surface area contributed by atoms with Gasteiger partial charge in [0.25, 0.3) is 0 Å². The van der Waals surface area contributed by atoms with Crippen LogP contribution in [0.5, 0.6) is 11.5 Å². The summed E-state index contributed by atoms with van der Waals surface area (Å²) in [4.78, 5) is 26.0. The van der Waals surface area contributed by atoms with E-state index in [2.05, 4.69) is 13.8 Å². The number of hydrogen-bond donors (Lipinski definition) is 1. The Morgan fingerprint density at radius 3 is 2.00 bits per heavy atom. The highest BCUT2D eigenvalue weighted by molar-refractivity contribution is 6.07. The lowest BCUT2D eigenvalue weighted by Gasteiger charge is -2.46. The third kappa shape index (κ3) is 6.92. The number of hydrogen-bond acceptors (Lipinski definition) is 6. The molecule has 0 heterocycles. The highest BCUT2D eigenvalue weighted by Gasteiger charge is 2.53. The van der Waals surface area contributed by atoms with Crippen LogP contribution in [0.15, 0.2) is 12.1 Å². The Bertz CT molecular complexity index is 984. The maximum atomic E-state index is 13.1. The lowest BCUT2D eigenvalue weighted by Crippen LogP contribution is -2.36. The standard InChI is InChI=1S/C33H50O6/c1-5-7-19-37-30(35)28-26(34)9-10-27(29(28)31(36)38-20-8-6-2)39-22-24-11-15-32(4,16-12-24)25-13-17-33(18-14-25)21-23(33)3/h9-10,23-25,34H,5-8,11-22H2,1-4H3/t23-,24?,25?,32?,33?/m0/s1. The molecule has 0 amide bonds. The van der Waals surface area contributed by atoms with Gasteiger partial charge in [-0.1, -0.05) is 40.5 Å². The number of unbranched alkanes of at least 4 members (excludes halogenated alkanes) is 2. The number of rotatable bonds is 12. The van der Waals surface area contributed by atoms with E-state index in [1.807, 2.05) is 13.8 Å². The number of carbonyl (C=O) groups excluding carboxylic acids is 2. The van der Waals surface area contributed by atoms with Crippen LogP contribution in [-0.4, -0.2) is 36.9 Å². The normalized spacial score (nSPS) is 30.1. The van der Waals surface area contributed by atoms with E-state index < -0.39 is 11.9 Å². The molecule has 6 nitrogen and oxygen atoms in total. The van der Waals surface area contributed by atoms with Crippen molar-refractivity contribution in [3.63, 3.8) is 0 Å². The first kappa shape index (κ1) is 29.7. The number of ether oxygens (including phenoxy) is 3. The molecule has 6 heteroatoms. The zero-order valence-corrected chi connectivity index (χ0v) is 24.7. The molecule has 3 fully saturated rings. The Labute approximate surface area is 235 Å². The summed E-state index contributed by atoms with van der Waals surface area (Å²) in [7, 11) is 0. The number of carbonyl (C=O) groups is 2. The molecule has 3 aliphatic carbocycles.